The van der Waals surface area contributed by atoms with Crippen molar-refractivity contribution in [3.63, 3.8) is 0 Å². The van der Waals surface area contributed by atoms with Gasteiger partial charge in [-0.15, -0.1) is 10.2 Å². The van der Waals surface area contributed by atoms with E-state index in [1.165, 1.54) is 0 Å². The molecule has 21 heavy (non-hydrogen) atoms. The molecule has 2 rings (SSSR count). The van der Waals surface area contributed by atoms with Gasteiger partial charge in [-0.05, 0) is 30.7 Å². The van der Waals surface area contributed by atoms with Crippen LogP contribution in [0.25, 0.3) is 11.4 Å². The van der Waals surface area contributed by atoms with Gasteiger partial charge in [0.25, 0.3) is 0 Å². The van der Waals surface area contributed by atoms with Gasteiger partial charge in [0.05, 0.1) is 5.92 Å². The molecule has 0 aliphatic rings. The first-order chi connectivity index (χ1) is 10.2. The second-order valence-electron chi connectivity index (χ2n) is 5.05. The topological polar surface area (TPSA) is 85.8 Å². The Balaban J connectivity index is 2.06. The van der Waals surface area contributed by atoms with Gasteiger partial charge < -0.3 is 15.6 Å². The number of nitrogens with two attached hydrogens (primary N) is 1. The van der Waals surface area contributed by atoms with Gasteiger partial charge in [-0.3, -0.25) is 4.79 Å². The van der Waals surface area contributed by atoms with Gasteiger partial charge in [0.2, 0.25) is 5.91 Å². The minimum Gasteiger partial charge on any atom is -0.330 e. The number of aryl methyl sites for hydroxylation is 1. The zero-order valence-electron chi connectivity index (χ0n) is 12.4. The van der Waals surface area contributed by atoms with E-state index < -0.39 is 0 Å². The first-order valence-electron chi connectivity index (χ1n) is 7.11. The maximum absolute atomic E-state index is 12.1. The molecule has 1 atom stereocenters. The number of hydrogen-bond acceptors (Lipinski definition) is 4. The molecule has 0 aliphatic heterocycles. The maximum atomic E-state index is 12.1. The molecule has 0 aliphatic carbocycles. The van der Waals surface area contributed by atoms with Crippen LogP contribution in [0.2, 0.25) is 0 Å². The van der Waals surface area contributed by atoms with E-state index in [2.05, 4.69) is 15.5 Å². The number of carbonyl (C=O) groups excluding carboxylic acids is 1. The number of nitrogens with one attached hydrogen (secondary N) is 1. The van der Waals surface area contributed by atoms with Gasteiger partial charge in [-0.25, -0.2) is 0 Å². The highest BCUT2D eigenvalue weighted by Crippen LogP contribution is 2.19. The lowest BCUT2D eigenvalue weighted by atomic mass is 10.0. The Labute approximate surface area is 124 Å². The highest BCUT2D eigenvalue weighted by molar-refractivity contribution is 5.92. The number of nitrogens with zero attached hydrogens (tertiary/aromatic N) is 3. The molecule has 3 N–H and O–H groups in total. The lowest BCUT2D eigenvalue weighted by Gasteiger charge is -2.14. The normalized spacial score (nSPS) is 12.1. The Kier molecular flexibility index (Phi) is 5.05. The summed E-state index contributed by atoms with van der Waals surface area (Å²) in [6.07, 6.45) is 3.40. The number of anilines is 1. The monoisotopic (exact) mass is 287 g/mol. The molecular weight excluding hydrogens is 266 g/mol. The summed E-state index contributed by atoms with van der Waals surface area (Å²) in [5, 5.41) is 10.8. The zero-order chi connectivity index (χ0) is 15.2. The SMILES string of the molecule is CCCC(CN)C(=O)Nc1ccc(-c2nncn2C)cc1. The van der Waals surface area contributed by atoms with E-state index in [0.29, 0.717) is 6.54 Å². The molecule has 1 unspecified atom stereocenters. The molecule has 0 spiro atoms. The van der Waals surface area contributed by atoms with Crippen LogP contribution < -0.4 is 11.1 Å². The van der Waals surface area contributed by atoms with Gasteiger partial charge in [0.1, 0.15) is 6.33 Å². The lowest BCUT2D eigenvalue weighted by molar-refractivity contribution is -0.119. The van der Waals surface area contributed by atoms with Crippen molar-refractivity contribution in [1.82, 2.24) is 14.8 Å². The van der Waals surface area contributed by atoms with Crippen LogP contribution in [0.1, 0.15) is 19.8 Å². The quantitative estimate of drug-likeness (QED) is 0.848. The number of hydrogen-bond donors (Lipinski definition) is 2. The number of rotatable bonds is 6. The predicted molar refractivity (Wildman–Crippen MR) is 82.5 cm³/mol. The van der Waals surface area contributed by atoms with E-state index in [4.69, 9.17) is 5.73 Å². The summed E-state index contributed by atoms with van der Waals surface area (Å²) in [7, 11) is 1.89. The summed E-state index contributed by atoms with van der Waals surface area (Å²) in [5.41, 5.74) is 7.36. The average molecular weight is 287 g/mol. The molecule has 2 aromatic rings. The third-order valence-electron chi connectivity index (χ3n) is 3.41. The summed E-state index contributed by atoms with van der Waals surface area (Å²) < 4.78 is 1.85. The molecule has 1 amide bonds. The van der Waals surface area contributed by atoms with Crippen LogP contribution in [-0.2, 0) is 11.8 Å². The standard InChI is InChI=1S/C15H21N5O/c1-3-4-12(9-16)15(21)18-13-7-5-11(6-8-13)14-19-17-10-20(14)2/h5-8,10,12H,3-4,9,16H2,1-2H3,(H,18,21). The number of aromatic nitrogens is 3. The van der Waals surface area contributed by atoms with Crippen molar-refractivity contribution in [2.45, 2.75) is 19.8 Å². The molecule has 6 nitrogen and oxygen atoms in total. The van der Waals surface area contributed by atoms with Crippen molar-refractivity contribution in [2.75, 3.05) is 11.9 Å². The fourth-order valence-electron chi connectivity index (χ4n) is 2.20. The van der Waals surface area contributed by atoms with E-state index in [0.717, 1.165) is 29.9 Å². The zero-order valence-corrected chi connectivity index (χ0v) is 12.4. The van der Waals surface area contributed by atoms with Gasteiger partial charge >= 0.3 is 0 Å². The number of carbonyl (C=O) groups is 1. The molecule has 1 aromatic carbocycles. The number of amides is 1. The average Bonchev–Trinajstić information content (AvgIpc) is 2.91. The van der Waals surface area contributed by atoms with E-state index in [1.807, 2.05) is 42.8 Å². The Bertz CT molecular complexity index is 590. The molecule has 0 saturated heterocycles. The molecule has 0 saturated carbocycles. The third kappa shape index (κ3) is 3.66. The molecule has 0 radical (unpaired) electrons. The molecule has 0 bridgehead atoms. The molecule has 1 heterocycles. The second kappa shape index (κ2) is 6.99. The Morgan fingerprint density at radius 2 is 2.10 bits per heavy atom. The smallest absolute Gasteiger partial charge is 0.228 e. The van der Waals surface area contributed by atoms with Crippen LogP contribution in [0, 0.1) is 5.92 Å². The molecule has 1 aromatic heterocycles. The largest absolute Gasteiger partial charge is 0.330 e. The van der Waals surface area contributed by atoms with E-state index in [9.17, 15) is 4.79 Å². The molecule has 0 fully saturated rings. The Morgan fingerprint density at radius 1 is 1.38 bits per heavy atom. The van der Waals surface area contributed by atoms with E-state index in [-0.39, 0.29) is 11.8 Å². The fraction of sp³-hybridized carbons (Fsp3) is 0.400. The van der Waals surface area contributed by atoms with Crippen LogP contribution in [0.5, 0.6) is 0 Å². The first-order valence-corrected chi connectivity index (χ1v) is 7.11. The summed E-state index contributed by atoms with van der Waals surface area (Å²) in [4.78, 5) is 12.1. The summed E-state index contributed by atoms with van der Waals surface area (Å²) >= 11 is 0. The van der Waals surface area contributed by atoms with Crippen molar-refractivity contribution in [3.05, 3.63) is 30.6 Å². The van der Waals surface area contributed by atoms with Crippen molar-refractivity contribution in [3.8, 4) is 11.4 Å². The molecule has 112 valence electrons. The highest BCUT2D eigenvalue weighted by Gasteiger charge is 2.15. The van der Waals surface area contributed by atoms with Crippen molar-refractivity contribution < 1.29 is 4.79 Å². The third-order valence-corrected chi connectivity index (χ3v) is 3.41. The molecule has 6 heteroatoms. The summed E-state index contributed by atoms with van der Waals surface area (Å²) in [5.74, 6) is 0.637. The second-order valence-corrected chi connectivity index (χ2v) is 5.05. The number of benzene rings is 1. The van der Waals surface area contributed by atoms with Crippen LogP contribution in [-0.4, -0.2) is 27.2 Å². The lowest BCUT2D eigenvalue weighted by Crippen LogP contribution is -2.29. The van der Waals surface area contributed by atoms with E-state index >= 15 is 0 Å². The van der Waals surface area contributed by atoms with Gasteiger partial charge in [-0.1, -0.05) is 13.3 Å². The van der Waals surface area contributed by atoms with Crippen LogP contribution in [0.15, 0.2) is 30.6 Å². The summed E-state index contributed by atoms with van der Waals surface area (Å²) in [6.45, 7) is 2.42. The Hall–Kier alpha value is -2.21. The highest BCUT2D eigenvalue weighted by atomic mass is 16.1. The van der Waals surface area contributed by atoms with Gasteiger partial charge in [-0.2, -0.15) is 0 Å². The summed E-state index contributed by atoms with van der Waals surface area (Å²) in [6, 6.07) is 7.55. The van der Waals surface area contributed by atoms with Crippen molar-refractivity contribution in [1.29, 1.82) is 0 Å². The van der Waals surface area contributed by atoms with Gasteiger partial charge in [0, 0.05) is 24.8 Å². The van der Waals surface area contributed by atoms with Crippen molar-refractivity contribution >= 4 is 11.6 Å². The van der Waals surface area contributed by atoms with Crippen LogP contribution >= 0.6 is 0 Å². The first kappa shape index (κ1) is 15.2. The fourth-order valence-corrected chi connectivity index (χ4v) is 2.20. The molecular formula is C15H21N5O. The van der Waals surface area contributed by atoms with Crippen LogP contribution in [0.3, 0.4) is 0 Å². The van der Waals surface area contributed by atoms with E-state index in [1.54, 1.807) is 6.33 Å². The predicted octanol–water partition coefficient (Wildman–Crippen LogP) is 1.80. The minimum atomic E-state index is -0.131. The minimum absolute atomic E-state index is 0.0224. The maximum Gasteiger partial charge on any atom is 0.228 e. The Morgan fingerprint density at radius 3 is 2.62 bits per heavy atom. The van der Waals surface area contributed by atoms with Crippen molar-refractivity contribution in [2.24, 2.45) is 18.7 Å². The van der Waals surface area contributed by atoms with Gasteiger partial charge in [0.15, 0.2) is 5.82 Å². The van der Waals surface area contributed by atoms with Crippen LogP contribution in [0.4, 0.5) is 5.69 Å².